The number of hydrogen-bond donors (Lipinski definition) is 0. The molecule has 43 heavy (non-hydrogen) atoms. The van der Waals surface area contributed by atoms with E-state index >= 15 is 4.39 Å². The highest BCUT2D eigenvalue weighted by atomic mass is 19.1. The first-order valence-electron chi connectivity index (χ1n) is 13.5. The molecular weight excluding hydrogens is 556 g/mol. The molecule has 1 atom stereocenters. The highest BCUT2D eigenvalue weighted by Crippen LogP contribution is 2.27. The Morgan fingerprint density at radius 2 is 1.95 bits per heavy atom. The van der Waals surface area contributed by atoms with Gasteiger partial charge in [0.2, 0.25) is 0 Å². The van der Waals surface area contributed by atoms with Gasteiger partial charge in [-0.2, -0.15) is 10.2 Å². The number of fused-ring (bicyclic) bond motifs is 1. The van der Waals surface area contributed by atoms with Gasteiger partial charge < -0.3 is 18.8 Å². The van der Waals surface area contributed by atoms with Crippen molar-refractivity contribution in [2.24, 2.45) is 0 Å². The van der Waals surface area contributed by atoms with Crippen molar-refractivity contribution in [3.63, 3.8) is 0 Å². The number of aromatic nitrogens is 4. The summed E-state index contributed by atoms with van der Waals surface area (Å²) >= 11 is 0. The van der Waals surface area contributed by atoms with Crippen molar-refractivity contribution < 1.29 is 27.8 Å². The molecule has 3 aromatic carbocycles. The predicted octanol–water partition coefficient (Wildman–Crippen LogP) is 5.39. The molecule has 1 aliphatic heterocycles. The highest BCUT2D eigenvalue weighted by molar-refractivity contribution is 5.93. The summed E-state index contributed by atoms with van der Waals surface area (Å²) in [5.74, 6) is -0.784. The molecule has 11 heteroatoms. The van der Waals surface area contributed by atoms with Crippen molar-refractivity contribution in [1.29, 1.82) is 5.26 Å². The lowest BCUT2D eigenvalue weighted by molar-refractivity contribution is -0.0589. The van der Waals surface area contributed by atoms with Gasteiger partial charge in [-0.3, -0.25) is 0 Å². The molecule has 5 aromatic rings. The molecule has 9 nitrogen and oxygen atoms in total. The first-order chi connectivity index (χ1) is 20.9. The number of rotatable bonds is 9. The van der Waals surface area contributed by atoms with E-state index < -0.39 is 17.6 Å². The summed E-state index contributed by atoms with van der Waals surface area (Å²) in [6.07, 6.45) is 2.75. The topological polar surface area (TPSA) is 112 Å². The third-order valence-electron chi connectivity index (χ3n) is 7.27. The second-order valence-electron chi connectivity index (χ2n) is 10.0. The Morgan fingerprint density at radius 3 is 2.67 bits per heavy atom. The quantitative estimate of drug-likeness (QED) is 0.213. The first kappa shape index (κ1) is 27.9. The van der Waals surface area contributed by atoms with Crippen molar-refractivity contribution in [1.82, 2.24) is 19.5 Å². The molecule has 0 N–H and O–H groups in total. The molecule has 216 valence electrons. The van der Waals surface area contributed by atoms with E-state index in [4.69, 9.17) is 24.5 Å². The van der Waals surface area contributed by atoms with Crippen molar-refractivity contribution in [2.75, 3.05) is 13.7 Å². The van der Waals surface area contributed by atoms with Crippen LogP contribution in [0.2, 0.25) is 0 Å². The minimum Gasteiger partial charge on any atom is -0.465 e. The van der Waals surface area contributed by atoms with Crippen molar-refractivity contribution in [3.05, 3.63) is 107 Å². The first-order valence-corrected chi connectivity index (χ1v) is 13.5. The Balaban J connectivity index is 1.23. The van der Waals surface area contributed by atoms with Gasteiger partial charge in [0.25, 0.3) is 0 Å². The Labute approximate surface area is 245 Å². The Kier molecular flexibility index (Phi) is 7.77. The van der Waals surface area contributed by atoms with Crippen LogP contribution in [0.3, 0.4) is 0 Å². The number of nitriles is 1. The molecule has 1 fully saturated rings. The zero-order valence-electron chi connectivity index (χ0n) is 23.1. The summed E-state index contributed by atoms with van der Waals surface area (Å²) in [6.45, 7) is 1.11. The standard InChI is InChI=1S/C32H25F2N5O4/c1-41-31(40)21-5-7-28-29(15-21)39(17-23-9-11-42-23)30(37-28)14-19-3-6-24(26(34)12-19)27-8-10-36-32(38-27)43-18-22-4-2-20(16-35)13-25(22)33/h2-8,10,12-13,15,23H,9,11,14,17-18H2,1H3/t23-/m0/s1. The fourth-order valence-corrected chi connectivity index (χ4v) is 4.88. The van der Waals surface area contributed by atoms with E-state index in [1.807, 2.05) is 10.6 Å². The maximum atomic E-state index is 15.4. The molecule has 1 saturated heterocycles. The van der Waals surface area contributed by atoms with Crippen LogP contribution in [-0.2, 0) is 29.0 Å². The Morgan fingerprint density at radius 1 is 1.09 bits per heavy atom. The molecule has 1 aliphatic rings. The van der Waals surface area contributed by atoms with Gasteiger partial charge in [0.15, 0.2) is 0 Å². The normalized spacial score (nSPS) is 14.2. The van der Waals surface area contributed by atoms with Crippen LogP contribution in [0.25, 0.3) is 22.3 Å². The molecule has 6 rings (SSSR count). The SMILES string of the molecule is COC(=O)c1ccc2nc(Cc3ccc(-c4ccnc(OCc5ccc(C#N)cc5F)n4)c(F)c3)n(C[C@@H]3CCO3)c2c1. The molecular formula is C32H25F2N5O4. The molecule has 0 unspecified atom stereocenters. The number of ether oxygens (including phenoxy) is 3. The van der Waals surface area contributed by atoms with Crippen LogP contribution in [-0.4, -0.2) is 45.3 Å². The molecule has 0 aliphatic carbocycles. The number of nitrogens with zero attached hydrogens (tertiary/aromatic N) is 5. The van der Waals surface area contributed by atoms with E-state index in [1.165, 1.54) is 31.5 Å². The van der Waals surface area contributed by atoms with E-state index in [-0.39, 0.29) is 35.4 Å². The molecule has 0 spiro atoms. The third-order valence-corrected chi connectivity index (χ3v) is 7.27. The highest BCUT2D eigenvalue weighted by Gasteiger charge is 2.23. The Hall–Kier alpha value is -5.21. The lowest BCUT2D eigenvalue weighted by Gasteiger charge is -2.27. The van der Waals surface area contributed by atoms with Crippen LogP contribution in [0.15, 0.2) is 66.9 Å². The van der Waals surface area contributed by atoms with Crippen LogP contribution in [0.5, 0.6) is 6.01 Å². The van der Waals surface area contributed by atoms with Crippen molar-refractivity contribution in [3.8, 4) is 23.3 Å². The number of methoxy groups -OCH3 is 1. The summed E-state index contributed by atoms with van der Waals surface area (Å²) < 4.78 is 47.7. The zero-order valence-corrected chi connectivity index (χ0v) is 23.1. The molecule has 3 heterocycles. The van der Waals surface area contributed by atoms with Gasteiger partial charge in [0.1, 0.15) is 24.1 Å². The third kappa shape index (κ3) is 5.91. The van der Waals surface area contributed by atoms with Crippen LogP contribution in [0, 0.1) is 23.0 Å². The Bertz CT molecular complexity index is 1880. The van der Waals surface area contributed by atoms with Crippen LogP contribution >= 0.6 is 0 Å². The fraction of sp³-hybridized carbons (Fsp3) is 0.219. The summed E-state index contributed by atoms with van der Waals surface area (Å²) in [5, 5.41) is 8.91. The van der Waals surface area contributed by atoms with Gasteiger partial charge in [-0.15, -0.1) is 0 Å². The van der Waals surface area contributed by atoms with E-state index in [1.54, 1.807) is 36.4 Å². The van der Waals surface area contributed by atoms with Gasteiger partial charge in [0.05, 0.1) is 53.7 Å². The molecule has 0 radical (unpaired) electrons. The summed E-state index contributed by atoms with van der Waals surface area (Å²) in [7, 11) is 1.34. The number of hydrogen-bond acceptors (Lipinski definition) is 8. The minimum absolute atomic E-state index is 0.0389. The number of halogens is 2. The van der Waals surface area contributed by atoms with E-state index in [0.717, 1.165) is 18.0 Å². The number of benzene rings is 3. The average Bonchev–Trinajstić information content (AvgIpc) is 3.33. The smallest absolute Gasteiger partial charge is 0.337 e. The predicted molar refractivity (Wildman–Crippen MR) is 151 cm³/mol. The van der Waals surface area contributed by atoms with Gasteiger partial charge in [-0.05, 0) is 60.5 Å². The van der Waals surface area contributed by atoms with Crippen LogP contribution in [0.4, 0.5) is 8.78 Å². The minimum atomic E-state index is -0.575. The molecule has 0 bridgehead atoms. The van der Waals surface area contributed by atoms with Gasteiger partial charge >= 0.3 is 12.0 Å². The summed E-state index contributed by atoms with van der Waals surface area (Å²) in [6, 6.07) is 17.6. The number of carbonyl (C=O) groups excluding carboxylic acids is 1. The van der Waals surface area contributed by atoms with E-state index in [9.17, 15) is 9.18 Å². The van der Waals surface area contributed by atoms with Crippen molar-refractivity contribution >= 4 is 17.0 Å². The van der Waals surface area contributed by atoms with Gasteiger partial charge in [-0.25, -0.2) is 23.5 Å². The maximum absolute atomic E-state index is 15.4. The number of esters is 1. The van der Waals surface area contributed by atoms with Crippen LogP contribution < -0.4 is 4.74 Å². The van der Waals surface area contributed by atoms with Crippen molar-refractivity contribution in [2.45, 2.75) is 32.1 Å². The van der Waals surface area contributed by atoms with E-state index in [0.29, 0.717) is 47.7 Å². The number of imidazole rings is 1. The van der Waals surface area contributed by atoms with E-state index in [2.05, 4.69) is 9.97 Å². The lowest BCUT2D eigenvalue weighted by Crippen LogP contribution is -2.31. The van der Waals surface area contributed by atoms with Gasteiger partial charge in [0, 0.05) is 30.4 Å². The molecule has 2 aromatic heterocycles. The maximum Gasteiger partial charge on any atom is 0.337 e. The molecule has 0 amide bonds. The largest absolute Gasteiger partial charge is 0.465 e. The van der Waals surface area contributed by atoms with Crippen LogP contribution in [0.1, 0.15) is 39.3 Å². The number of carbonyl (C=O) groups is 1. The summed E-state index contributed by atoms with van der Waals surface area (Å²) in [5.41, 5.74) is 3.60. The zero-order chi connectivity index (χ0) is 29.9. The fourth-order valence-electron chi connectivity index (χ4n) is 4.88. The summed E-state index contributed by atoms with van der Waals surface area (Å²) in [4.78, 5) is 25.3. The second-order valence-corrected chi connectivity index (χ2v) is 10.0. The second kappa shape index (κ2) is 12.0. The molecule has 0 saturated carbocycles. The average molecular weight is 582 g/mol. The monoisotopic (exact) mass is 581 g/mol. The lowest BCUT2D eigenvalue weighted by atomic mass is 10.1. The van der Waals surface area contributed by atoms with Gasteiger partial charge in [-0.1, -0.05) is 12.1 Å².